The summed E-state index contributed by atoms with van der Waals surface area (Å²) in [7, 11) is -2.00. The molecule has 2 N–H and O–H groups in total. The highest BCUT2D eigenvalue weighted by Crippen LogP contribution is 2.32. The molecule has 0 bridgehead atoms. The fourth-order valence-corrected chi connectivity index (χ4v) is 7.03. The number of fused-ring (bicyclic) bond motifs is 1. The predicted molar refractivity (Wildman–Crippen MR) is 117 cm³/mol. The monoisotopic (exact) mass is 418 g/mol. The lowest BCUT2D eigenvalue weighted by atomic mass is 9.99. The van der Waals surface area contributed by atoms with Gasteiger partial charge in [-0.15, -0.1) is 0 Å². The van der Waals surface area contributed by atoms with Gasteiger partial charge in [-0.1, -0.05) is 57.2 Å². The van der Waals surface area contributed by atoms with Gasteiger partial charge in [0.05, 0.1) is 12.7 Å². The summed E-state index contributed by atoms with van der Waals surface area (Å²) >= 11 is 0. The van der Waals surface area contributed by atoms with Gasteiger partial charge in [-0.3, -0.25) is 0 Å². The third kappa shape index (κ3) is 4.90. The van der Waals surface area contributed by atoms with Crippen LogP contribution in [0.15, 0.2) is 42.5 Å². The van der Waals surface area contributed by atoms with Crippen molar-refractivity contribution in [2.75, 3.05) is 0 Å². The second kappa shape index (κ2) is 9.68. The molecule has 5 atom stereocenters. The Balaban J connectivity index is 1.79. The van der Waals surface area contributed by atoms with E-state index in [9.17, 15) is 10.2 Å². The first-order chi connectivity index (χ1) is 13.9. The quantitative estimate of drug-likeness (QED) is 0.629. The highest BCUT2D eigenvalue weighted by atomic mass is 28.4. The zero-order chi connectivity index (χ0) is 21.0. The van der Waals surface area contributed by atoms with Crippen LogP contribution in [0.25, 0.3) is 10.8 Å². The van der Waals surface area contributed by atoms with E-state index in [2.05, 4.69) is 51.1 Å². The van der Waals surface area contributed by atoms with Crippen molar-refractivity contribution in [2.45, 2.75) is 83.1 Å². The molecule has 1 fully saturated rings. The summed E-state index contributed by atoms with van der Waals surface area (Å²) in [5.41, 5.74) is 1.06. The van der Waals surface area contributed by atoms with Crippen LogP contribution in [-0.4, -0.2) is 49.2 Å². The molecule has 1 heterocycles. The first-order valence-corrected chi connectivity index (χ1v) is 13.2. The van der Waals surface area contributed by atoms with Crippen molar-refractivity contribution in [1.29, 1.82) is 0 Å². The molecule has 29 heavy (non-hydrogen) atoms. The minimum Gasteiger partial charge on any atom is -0.408 e. The van der Waals surface area contributed by atoms with Crippen molar-refractivity contribution in [3.8, 4) is 0 Å². The summed E-state index contributed by atoms with van der Waals surface area (Å²) < 4.78 is 18.3. The Kier molecular flexibility index (Phi) is 7.48. The Morgan fingerprint density at radius 1 is 0.931 bits per heavy atom. The lowest BCUT2D eigenvalue weighted by Crippen LogP contribution is -2.61. The van der Waals surface area contributed by atoms with Crippen molar-refractivity contribution in [3.05, 3.63) is 48.0 Å². The van der Waals surface area contributed by atoms with Crippen LogP contribution >= 0.6 is 0 Å². The normalized spacial score (nSPS) is 28.0. The molecule has 2 aromatic rings. The molecule has 0 spiro atoms. The molecule has 1 aliphatic heterocycles. The fourth-order valence-electron chi connectivity index (χ4n) is 4.18. The van der Waals surface area contributed by atoms with Gasteiger partial charge >= 0.3 is 0 Å². The van der Waals surface area contributed by atoms with Crippen LogP contribution in [0.3, 0.4) is 0 Å². The third-order valence-corrected chi connectivity index (χ3v) is 11.0. The molecule has 3 rings (SSSR count). The second-order valence-electron chi connectivity index (χ2n) is 8.01. The van der Waals surface area contributed by atoms with E-state index in [1.54, 1.807) is 0 Å². The molecule has 1 saturated heterocycles. The fraction of sp³-hybridized carbons (Fsp3) is 0.565. The Hall–Kier alpha value is -1.28. The van der Waals surface area contributed by atoms with Gasteiger partial charge in [-0.2, -0.15) is 0 Å². The molecule has 0 radical (unpaired) electrons. The smallest absolute Gasteiger partial charge is 0.192 e. The molecule has 0 aromatic heterocycles. The van der Waals surface area contributed by atoms with E-state index in [1.807, 2.05) is 19.1 Å². The van der Waals surface area contributed by atoms with Crippen LogP contribution in [-0.2, 0) is 20.5 Å². The van der Waals surface area contributed by atoms with Gasteiger partial charge in [0.2, 0.25) is 0 Å². The van der Waals surface area contributed by atoms with Gasteiger partial charge < -0.3 is 24.1 Å². The Morgan fingerprint density at radius 3 is 2.24 bits per heavy atom. The van der Waals surface area contributed by atoms with Gasteiger partial charge in [0.25, 0.3) is 0 Å². The van der Waals surface area contributed by atoms with Gasteiger partial charge in [-0.25, -0.2) is 0 Å². The number of benzene rings is 2. The van der Waals surface area contributed by atoms with Crippen molar-refractivity contribution in [3.63, 3.8) is 0 Å². The van der Waals surface area contributed by atoms with Crippen molar-refractivity contribution < 1.29 is 24.1 Å². The molecule has 0 aliphatic carbocycles. The van der Waals surface area contributed by atoms with Gasteiger partial charge in [0.15, 0.2) is 14.6 Å². The zero-order valence-corrected chi connectivity index (χ0v) is 18.9. The van der Waals surface area contributed by atoms with Crippen LogP contribution in [0.4, 0.5) is 0 Å². The van der Waals surface area contributed by atoms with Crippen LogP contribution < -0.4 is 0 Å². The molecule has 0 saturated carbocycles. The largest absolute Gasteiger partial charge is 0.408 e. The van der Waals surface area contributed by atoms with E-state index in [1.165, 1.54) is 10.8 Å². The van der Waals surface area contributed by atoms with Crippen LogP contribution in [0, 0.1) is 0 Å². The van der Waals surface area contributed by atoms with Gasteiger partial charge in [-0.05, 0) is 47.5 Å². The van der Waals surface area contributed by atoms with E-state index in [0.29, 0.717) is 6.61 Å². The maximum absolute atomic E-state index is 10.7. The lowest BCUT2D eigenvalue weighted by molar-refractivity contribution is -0.284. The number of aliphatic hydroxyl groups excluding tert-OH is 2. The maximum Gasteiger partial charge on any atom is 0.192 e. The number of hydrogen-bond acceptors (Lipinski definition) is 5. The summed E-state index contributed by atoms with van der Waals surface area (Å²) in [4.78, 5) is 0. The highest BCUT2D eigenvalue weighted by molar-refractivity contribution is 6.73. The Morgan fingerprint density at radius 2 is 1.59 bits per heavy atom. The molecule has 1 aliphatic rings. The lowest BCUT2D eigenvalue weighted by Gasteiger charge is -2.45. The average Bonchev–Trinajstić information content (AvgIpc) is 2.75. The highest BCUT2D eigenvalue weighted by Gasteiger charge is 2.47. The molecular formula is C23H34O5Si. The minimum absolute atomic E-state index is 0.379. The summed E-state index contributed by atoms with van der Waals surface area (Å²) in [5, 5.41) is 23.2. The topological polar surface area (TPSA) is 68.2 Å². The standard InChI is InChI=1S/C23H34O5Si/c1-5-29(6-2,7-3)28-22-20(24)23(25)27-16(4)21(22)26-15-17-12-13-18-10-8-9-11-19(18)14-17/h8-14,16,20-25H,5-7,15H2,1-4H3/t16-,20+,21-,22-,23+/m0/s1. The zero-order valence-electron chi connectivity index (χ0n) is 17.9. The molecular weight excluding hydrogens is 384 g/mol. The first kappa shape index (κ1) is 22.4. The van der Waals surface area contributed by atoms with Crippen LogP contribution in [0.5, 0.6) is 0 Å². The second-order valence-corrected chi connectivity index (χ2v) is 12.7. The third-order valence-electron chi connectivity index (χ3n) is 6.34. The van der Waals surface area contributed by atoms with Gasteiger partial charge in [0.1, 0.15) is 18.3 Å². The predicted octanol–water partition coefficient (Wildman–Crippen LogP) is 4.21. The SMILES string of the molecule is CC[Si](CC)(CC)O[C@H]1[C@@H](O)[C@H](O)O[C@@H](C)[C@@H]1OCc1ccc2ccccc2c1. The summed E-state index contributed by atoms with van der Waals surface area (Å²) in [5.74, 6) is 0. The van der Waals surface area contributed by atoms with Gasteiger partial charge in [0, 0.05) is 0 Å². The summed E-state index contributed by atoms with van der Waals surface area (Å²) in [6.07, 6.45) is -3.80. The van der Waals surface area contributed by atoms with E-state index in [4.69, 9.17) is 13.9 Å². The molecule has 6 heteroatoms. The molecule has 160 valence electrons. The summed E-state index contributed by atoms with van der Waals surface area (Å²) in [6, 6.07) is 17.4. The number of rotatable bonds is 8. The minimum atomic E-state index is -2.00. The molecule has 0 unspecified atom stereocenters. The molecule has 5 nitrogen and oxygen atoms in total. The Bertz CT molecular complexity index is 785. The summed E-state index contributed by atoms with van der Waals surface area (Å²) in [6.45, 7) is 8.70. The maximum atomic E-state index is 10.7. The number of hydrogen-bond donors (Lipinski definition) is 2. The number of aliphatic hydroxyl groups is 2. The average molecular weight is 419 g/mol. The van der Waals surface area contributed by atoms with E-state index in [0.717, 1.165) is 23.7 Å². The first-order valence-electron chi connectivity index (χ1n) is 10.7. The number of ether oxygens (including phenoxy) is 2. The van der Waals surface area contributed by atoms with Crippen molar-refractivity contribution in [2.24, 2.45) is 0 Å². The van der Waals surface area contributed by atoms with Crippen molar-refractivity contribution in [1.82, 2.24) is 0 Å². The van der Waals surface area contributed by atoms with E-state index >= 15 is 0 Å². The molecule has 0 amide bonds. The van der Waals surface area contributed by atoms with Crippen molar-refractivity contribution >= 4 is 19.1 Å². The van der Waals surface area contributed by atoms with Crippen LogP contribution in [0.2, 0.25) is 18.1 Å². The Labute approximate surface area is 174 Å². The molecule has 2 aromatic carbocycles. The van der Waals surface area contributed by atoms with E-state index < -0.39 is 32.9 Å². The van der Waals surface area contributed by atoms with E-state index in [-0.39, 0.29) is 6.10 Å². The van der Waals surface area contributed by atoms with Crippen LogP contribution in [0.1, 0.15) is 33.3 Å².